The molecule has 0 aliphatic rings. The van der Waals surface area contributed by atoms with Crippen molar-refractivity contribution in [1.29, 1.82) is 0 Å². The van der Waals surface area contributed by atoms with Crippen LogP contribution in [0.15, 0.2) is 31.0 Å². The summed E-state index contributed by atoms with van der Waals surface area (Å²) in [4.78, 5) is 8.07. The van der Waals surface area contributed by atoms with Gasteiger partial charge in [-0.15, -0.1) is 0 Å². The van der Waals surface area contributed by atoms with E-state index < -0.39 is 0 Å². The summed E-state index contributed by atoms with van der Waals surface area (Å²) in [6, 6.07) is 1.88. The molecular formula is C11H14N4. The lowest BCUT2D eigenvalue weighted by Crippen LogP contribution is -2.21. The number of rotatable bonds is 1. The molecular weight excluding hydrogens is 188 g/mol. The fourth-order valence-electron chi connectivity index (χ4n) is 1.28. The molecule has 0 N–H and O–H groups in total. The second-order valence-corrected chi connectivity index (χ2v) is 4.44. The van der Waals surface area contributed by atoms with E-state index in [1.807, 2.05) is 23.1 Å². The van der Waals surface area contributed by atoms with Crippen LogP contribution >= 0.6 is 0 Å². The molecule has 0 saturated heterocycles. The summed E-state index contributed by atoms with van der Waals surface area (Å²) in [5, 5.41) is 4.32. The maximum absolute atomic E-state index is 4.32. The molecule has 0 spiro atoms. The molecule has 0 aliphatic heterocycles. The third-order valence-electron chi connectivity index (χ3n) is 2.15. The van der Waals surface area contributed by atoms with Crippen LogP contribution in [0.2, 0.25) is 0 Å². The minimum Gasteiger partial charge on any atom is -0.267 e. The molecule has 0 fully saturated rings. The van der Waals surface area contributed by atoms with Gasteiger partial charge in [-0.2, -0.15) is 5.10 Å². The first kappa shape index (κ1) is 9.83. The van der Waals surface area contributed by atoms with E-state index in [0.29, 0.717) is 0 Å². The molecule has 4 heteroatoms. The van der Waals surface area contributed by atoms with Crippen molar-refractivity contribution < 1.29 is 0 Å². The Labute approximate surface area is 89.0 Å². The monoisotopic (exact) mass is 202 g/mol. The van der Waals surface area contributed by atoms with E-state index in [9.17, 15) is 0 Å². The molecule has 0 amide bonds. The van der Waals surface area contributed by atoms with Crippen LogP contribution in [0, 0.1) is 0 Å². The smallest absolute Gasteiger partial charge is 0.116 e. The first-order chi connectivity index (χ1) is 7.07. The summed E-state index contributed by atoms with van der Waals surface area (Å²) in [5.74, 6) is 0. The van der Waals surface area contributed by atoms with E-state index in [-0.39, 0.29) is 5.54 Å². The summed E-state index contributed by atoms with van der Waals surface area (Å²) < 4.78 is 1.93. The van der Waals surface area contributed by atoms with Crippen molar-refractivity contribution >= 4 is 0 Å². The van der Waals surface area contributed by atoms with Crippen molar-refractivity contribution in [2.24, 2.45) is 0 Å². The highest BCUT2D eigenvalue weighted by Gasteiger charge is 2.14. The van der Waals surface area contributed by atoms with Gasteiger partial charge in [-0.25, -0.2) is 9.97 Å². The molecule has 0 radical (unpaired) electrons. The van der Waals surface area contributed by atoms with Crippen LogP contribution in [0.4, 0.5) is 0 Å². The number of hydrogen-bond donors (Lipinski definition) is 0. The fraction of sp³-hybridized carbons (Fsp3) is 0.364. The number of hydrogen-bond acceptors (Lipinski definition) is 3. The van der Waals surface area contributed by atoms with E-state index in [4.69, 9.17) is 0 Å². The highest BCUT2D eigenvalue weighted by atomic mass is 15.3. The van der Waals surface area contributed by atoms with E-state index in [2.05, 4.69) is 35.8 Å². The normalized spacial score (nSPS) is 11.7. The molecule has 0 aromatic carbocycles. The van der Waals surface area contributed by atoms with Crippen LogP contribution in [-0.2, 0) is 5.54 Å². The molecule has 0 aliphatic carbocycles. The van der Waals surface area contributed by atoms with Gasteiger partial charge in [0.05, 0.1) is 17.4 Å². The van der Waals surface area contributed by atoms with Crippen LogP contribution in [-0.4, -0.2) is 19.7 Å². The van der Waals surface area contributed by atoms with Gasteiger partial charge in [0.25, 0.3) is 0 Å². The van der Waals surface area contributed by atoms with E-state index >= 15 is 0 Å². The molecule has 0 saturated carbocycles. The van der Waals surface area contributed by atoms with Crippen LogP contribution in [0.3, 0.4) is 0 Å². The molecule has 0 unspecified atom stereocenters. The molecule has 2 heterocycles. The van der Waals surface area contributed by atoms with Gasteiger partial charge in [0, 0.05) is 18.0 Å². The standard InChI is InChI=1S/C11H14N4/c1-11(2,3)15-7-9(6-14-15)10-4-5-12-8-13-10/h4-8H,1-3H3. The predicted molar refractivity (Wildman–Crippen MR) is 58.2 cm³/mol. The van der Waals surface area contributed by atoms with Crippen molar-refractivity contribution in [2.45, 2.75) is 26.3 Å². The van der Waals surface area contributed by atoms with Crippen LogP contribution < -0.4 is 0 Å². The van der Waals surface area contributed by atoms with Crippen LogP contribution in [0.25, 0.3) is 11.3 Å². The molecule has 2 aromatic rings. The molecule has 0 atom stereocenters. The average Bonchev–Trinajstić information content (AvgIpc) is 2.67. The largest absolute Gasteiger partial charge is 0.267 e. The summed E-state index contributed by atoms with van der Waals surface area (Å²) in [7, 11) is 0. The van der Waals surface area contributed by atoms with Gasteiger partial charge in [-0.1, -0.05) is 0 Å². The molecule has 2 aromatic heterocycles. The zero-order valence-electron chi connectivity index (χ0n) is 9.18. The minimum absolute atomic E-state index is 0.00524. The third kappa shape index (κ3) is 2.03. The first-order valence-electron chi connectivity index (χ1n) is 4.89. The Morgan fingerprint density at radius 3 is 2.60 bits per heavy atom. The molecule has 15 heavy (non-hydrogen) atoms. The highest BCUT2D eigenvalue weighted by Crippen LogP contribution is 2.19. The van der Waals surface area contributed by atoms with Gasteiger partial charge in [0.1, 0.15) is 6.33 Å². The van der Waals surface area contributed by atoms with Crippen molar-refractivity contribution in [3.8, 4) is 11.3 Å². The second-order valence-electron chi connectivity index (χ2n) is 4.44. The van der Waals surface area contributed by atoms with E-state index in [1.165, 1.54) is 0 Å². The molecule has 0 bridgehead atoms. The Morgan fingerprint density at radius 1 is 1.27 bits per heavy atom. The Bertz CT molecular complexity index is 439. The van der Waals surface area contributed by atoms with Crippen molar-refractivity contribution in [2.75, 3.05) is 0 Å². The van der Waals surface area contributed by atoms with Gasteiger partial charge in [0.15, 0.2) is 0 Å². The number of nitrogens with zero attached hydrogens (tertiary/aromatic N) is 4. The lowest BCUT2D eigenvalue weighted by atomic mass is 10.1. The lowest BCUT2D eigenvalue weighted by molar-refractivity contribution is 0.355. The number of aromatic nitrogens is 4. The van der Waals surface area contributed by atoms with Crippen molar-refractivity contribution in [3.05, 3.63) is 31.0 Å². The van der Waals surface area contributed by atoms with Crippen LogP contribution in [0.1, 0.15) is 20.8 Å². The van der Waals surface area contributed by atoms with Gasteiger partial charge in [0.2, 0.25) is 0 Å². The van der Waals surface area contributed by atoms with Crippen molar-refractivity contribution in [1.82, 2.24) is 19.7 Å². The lowest BCUT2D eigenvalue weighted by Gasteiger charge is -2.18. The highest BCUT2D eigenvalue weighted by molar-refractivity contribution is 5.55. The van der Waals surface area contributed by atoms with Gasteiger partial charge in [-0.05, 0) is 26.8 Å². The maximum Gasteiger partial charge on any atom is 0.116 e. The third-order valence-corrected chi connectivity index (χ3v) is 2.15. The van der Waals surface area contributed by atoms with Gasteiger partial charge in [-0.3, -0.25) is 4.68 Å². The van der Waals surface area contributed by atoms with Crippen molar-refractivity contribution in [3.63, 3.8) is 0 Å². The Kier molecular flexibility index (Phi) is 2.26. The summed E-state index contributed by atoms with van der Waals surface area (Å²) in [5.41, 5.74) is 1.93. The summed E-state index contributed by atoms with van der Waals surface area (Å²) in [6.45, 7) is 6.34. The molecule has 4 nitrogen and oxygen atoms in total. The molecule has 78 valence electrons. The maximum atomic E-state index is 4.32. The van der Waals surface area contributed by atoms with E-state index in [0.717, 1.165) is 11.3 Å². The Balaban J connectivity index is 2.37. The Morgan fingerprint density at radius 2 is 2.07 bits per heavy atom. The SMILES string of the molecule is CC(C)(C)n1cc(-c2ccncn2)cn1. The topological polar surface area (TPSA) is 43.6 Å². The molecule has 2 rings (SSSR count). The summed E-state index contributed by atoms with van der Waals surface area (Å²) in [6.07, 6.45) is 7.11. The zero-order valence-corrected chi connectivity index (χ0v) is 9.18. The first-order valence-corrected chi connectivity index (χ1v) is 4.89. The zero-order chi connectivity index (χ0) is 10.9. The predicted octanol–water partition coefficient (Wildman–Crippen LogP) is 2.10. The van der Waals surface area contributed by atoms with Gasteiger partial charge < -0.3 is 0 Å². The Hall–Kier alpha value is -1.71. The minimum atomic E-state index is 0.00524. The fourth-order valence-corrected chi connectivity index (χ4v) is 1.28. The summed E-state index contributed by atoms with van der Waals surface area (Å²) >= 11 is 0. The average molecular weight is 202 g/mol. The van der Waals surface area contributed by atoms with Gasteiger partial charge >= 0.3 is 0 Å². The van der Waals surface area contributed by atoms with E-state index in [1.54, 1.807) is 12.5 Å². The second kappa shape index (κ2) is 3.46. The van der Waals surface area contributed by atoms with Crippen LogP contribution in [0.5, 0.6) is 0 Å². The quantitative estimate of drug-likeness (QED) is 0.711.